The van der Waals surface area contributed by atoms with Gasteiger partial charge in [-0.15, -0.1) is 0 Å². The molecule has 2 heteroatoms. The van der Waals surface area contributed by atoms with Crippen LogP contribution in [0.25, 0.3) is 0 Å². The van der Waals surface area contributed by atoms with Crippen LogP contribution in [0.1, 0.15) is 59.3 Å². The third kappa shape index (κ3) is 7.34. The van der Waals surface area contributed by atoms with E-state index >= 15 is 0 Å². The molecule has 0 rings (SSSR count). The Balaban J connectivity index is 3.64. The van der Waals surface area contributed by atoms with Gasteiger partial charge in [-0.3, -0.25) is 0 Å². The first-order valence-electron chi connectivity index (χ1n) is 6.11. The smallest absolute Gasteiger partial charge is 0.0431 e. The number of rotatable bonds is 9. The Hall–Kier alpha value is -0.0800. The first-order chi connectivity index (χ1) is 6.74. The normalized spacial score (nSPS) is 13.5. The molecule has 0 aromatic heterocycles. The number of hydrogen-bond donors (Lipinski definition) is 2. The summed E-state index contributed by atoms with van der Waals surface area (Å²) in [6.45, 7) is 7.01. The van der Waals surface area contributed by atoms with E-state index in [1.165, 1.54) is 25.7 Å². The topological polar surface area (TPSA) is 32.3 Å². The Kier molecular flexibility index (Phi) is 9.42. The van der Waals surface area contributed by atoms with Gasteiger partial charge in [-0.1, -0.05) is 26.7 Å². The minimum absolute atomic E-state index is 0.318. The zero-order valence-corrected chi connectivity index (χ0v) is 10.1. The molecule has 1 atom stereocenters. The fourth-order valence-electron chi connectivity index (χ4n) is 1.89. The predicted octanol–water partition coefficient (Wildman–Crippen LogP) is 2.71. The van der Waals surface area contributed by atoms with Gasteiger partial charge in [0.05, 0.1) is 0 Å². The molecule has 0 radical (unpaired) electrons. The van der Waals surface area contributed by atoms with Gasteiger partial charge in [0.15, 0.2) is 0 Å². The van der Waals surface area contributed by atoms with Gasteiger partial charge in [0.2, 0.25) is 0 Å². The summed E-state index contributed by atoms with van der Waals surface area (Å²) in [5, 5.41) is 12.4. The maximum Gasteiger partial charge on any atom is 0.0431 e. The van der Waals surface area contributed by atoms with Crippen molar-refractivity contribution in [3.8, 4) is 0 Å². The Morgan fingerprint density at radius 3 is 2.07 bits per heavy atom. The fraction of sp³-hybridized carbons (Fsp3) is 1.00. The molecule has 0 aromatic carbocycles. The Morgan fingerprint density at radius 2 is 1.64 bits per heavy atom. The summed E-state index contributed by atoms with van der Waals surface area (Å²) in [7, 11) is 0. The van der Waals surface area contributed by atoms with Crippen molar-refractivity contribution in [2.45, 2.75) is 71.4 Å². The standard InChI is InChI=1S/C12H27NO/c1-4-7-12(8-5-2)13-11(3)9-6-10-14/h11-14H,4-10H2,1-3H3/t11-/m1/s1. The molecule has 0 aliphatic carbocycles. The lowest BCUT2D eigenvalue weighted by molar-refractivity contribution is 0.271. The SMILES string of the molecule is CCCC(CCC)N[C@H](C)CCCO. The van der Waals surface area contributed by atoms with Gasteiger partial charge in [0.25, 0.3) is 0 Å². The predicted molar refractivity (Wildman–Crippen MR) is 62.5 cm³/mol. The minimum atomic E-state index is 0.318. The summed E-state index contributed by atoms with van der Waals surface area (Å²) in [5.41, 5.74) is 0. The van der Waals surface area contributed by atoms with Crippen molar-refractivity contribution in [1.29, 1.82) is 0 Å². The average Bonchev–Trinajstić information content (AvgIpc) is 2.15. The molecule has 14 heavy (non-hydrogen) atoms. The second kappa shape index (κ2) is 9.47. The lowest BCUT2D eigenvalue weighted by Crippen LogP contribution is -2.36. The third-order valence-electron chi connectivity index (χ3n) is 2.59. The summed E-state index contributed by atoms with van der Waals surface area (Å²) < 4.78 is 0. The van der Waals surface area contributed by atoms with E-state index in [1.54, 1.807) is 0 Å². The van der Waals surface area contributed by atoms with Gasteiger partial charge in [-0.25, -0.2) is 0 Å². The summed E-state index contributed by atoms with van der Waals surface area (Å²) in [6, 6.07) is 1.23. The summed E-state index contributed by atoms with van der Waals surface area (Å²) >= 11 is 0. The highest BCUT2D eigenvalue weighted by Gasteiger charge is 2.09. The van der Waals surface area contributed by atoms with Crippen LogP contribution in [0.15, 0.2) is 0 Å². The molecule has 0 heterocycles. The van der Waals surface area contributed by atoms with Crippen LogP contribution in [-0.4, -0.2) is 23.8 Å². The van der Waals surface area contributed by atoms with Crippen LogP contribution in [0.5, 0.6) is 0 Å². The first-order valence-corrected chi connectivity index (χ1v) is 6.11. The van der Waals surface area contributed by atoms with Gasteiger partial charge in [-0.05, 0) is 32.6 Å². The Bertz CT molecular complexity index is 111. The van der Waals surface area contributed by atoms with E-state index in [-0.39, 0.29) is 0 Å². The second-order valence-corrected chi connectivity index (χ2v) is 4.21. The maximum absolute atomic E-state index is 8.73. The molecule has 0 aromatic rings. The molecule has 2 N–H and O–H groups in total. The number of hydrogen-bond acceptors (Lipinski definition) is 2. The van der Waals surface area contributed by atoms with E-state index in [1.807, 2.05) is 0 Å². The van der Waals surface area contributed by atoms with E-state index in [0.29, 0.717) is 18.7 Å². The van der Waals surface area contributed by atoms with Crippen molar-refractivity contribution >= 4 is 0 Å². The van der Waals surface area contributed by atoms with E-state index in [9.17, 15) is 0 Å². The van der Waals surface area contributed by atoms with Crippen molar-refractivity contribution in [3.05, 3.63) is 0 Å². The molecule has 0 aliphatic rings. The summed E-state index contributed by atoms with van der Waals surface area (Å²) in [4.78, 5) is 0. The zero-order valence-electron chi connectivity index (χ0n) is 10.1. The van der Waals surface area contributed by atoms with Crippen LogP contribution in [0.4, 0.5) is 0 Å². The molecule has 0 aliphatic heterocycles. The molecule has 2 nitrogen and oxygen atoms in total. The molecule has 0 unspecified atom stereocenters. The summed E-state index contributed by atoms with van der Waals surface area (Å²) in [5.74, 6) is 0. The van der Waals surface area contributed by atoms with Crippen LogP contribution in [0.2, 0.25) is 0 Å². The monoisotopic (exact) mass is 201 g/mol. The maximum atomic E-state index is 8.73. The second-order valence-electron chi connectivity index (χ2n) is 4.21. The van der Waals surface area contributed by atoms with E-state index < -0.39 is 0 Å². The quantitative estimate of drug-likeness (QED) is 0.601. The van der Waals surface area contributed by atoms with E-state index in [4.69, 9.17) is 5.11 Å². The molecular weight excluding hydrogens is 174 g/mol. The highest BCUT2D eigenvalue weighted by atomic mass is 16.2. The van der Waals surface area contributed by atoms with Crippen molar-refractivity contribution in [2.24, 2.45) is 0 Å². The number of aliphatic hydroxyl groups is 1. The molecule has 0 saturated carbocycles. The lowest BCUT2D eigenvalue weighted by atomic mass is 10.0. The molecule has 0 bridgehead atoms. The van der Waals surface area contributed by atoms with Crippen molar-refractivity contribution in [1.82, 2.24) is 5.32 Å². The van der Waals surface area contributed by atoms with Gasteiger partial charge >= 0.3 is 0 Å². The molecule has 0 fully saturated rings. The number of aliphatic hydroxyl groups excluding tert-OH is 1. The van der Waals surface area contributed by atoms with Gasteiger partial charge in [0, 0.05) is 18.7 Å². The Labute approximate surface area is 89.1 Å². The third-order valence-corrected chi connectivity index (χ3v) is 2.59. The van der Waals surface area contributed by atoms with E-state index in [2.05, 4.69) is 26.1 Å². The fourth-order valence-corrected chi connectivity index (χ4v) is 1.89. The van der Waals surface area contributed by atoms with Crippen molar-refractivity contribution in [2.75, 3.05) is 6.61 Å². The molecule has 86 valence electrons. The van der Waals surface area contributed by atoms with Gasteiger partial charge in [-0.2, -0.15) is 0 Å². The van der Waals surface area contributed by atoms with Crippen LogP contribution in [0, 0.1) is 0 Å². The largest absolute Gasteiger partial charge is 0.396 e. The minimum Gasteiger partial charge on any atom is -0.396 e. The van der Waals surface area contributed by atoms with Crippen LogP contribution in [0.3, 0.4) is 0 Å². The molecule has 0 saturated heterocycles. The highest BCUT2D eigenvalue weighted by molar-refractivity contribution is 4.70. The van der Waals surface area contributed by atoms with E-state index in [0.717, 1.165) is 12.8 Å². The lowest BCUT2D eigenvalue weighted by Gasteiger charge is -2.22. The Morgan fingerprint density at radius 1 is 1.07 bits per heavy atom. The molecular formula is C12H27NO. The first kappa shape index (κ1) is 13.9. The van der Waals surface area contributed by atoms with Crippen molar-refractivity contribution in [3.63, 3.8) is 0 Å². The number of nitrogens with one attached hydrogen (secondary N) is 1. The zero-order chi connectivity index (χ0) is 10.8. The molecule has 0 spiro atoms. The van der Waals surface area contributed by atoms with Crippen molar-refractivity contribution < 1.29 is 5.11 Å². The molecule has 0 amide bonds. The van der Waals surface area contributed by atoms with Crippen LogP contribution >= 0.6 is 0 Å². The summed E-state index contributed by atoms with van der Waals surface area (Å²) in [6.07, 6.45) is 7.06. The average molecular weight is 201 g/mol. The van der Waals surface area contributed by atoms with Crippen LogP contribution in [-0.2, 0) is 0 Å². The highest BCUT2D eigenvalue weighted by Crippen LogP contribution is 2.07. The van der Waals surface area contributed by atoms with Gasteiger partial charge in [0.1, 0.15) is 0 Å². The van der Waals surface area contributed by atoms with Gasteiger partial charge < -0.3 is 10.4 Å². The van der Waals surface area contributed by atoms with Crippen LogP contribution < -0.4 is 5.32 Å².